The summed E-state index contributed by atoms with van der Waals surface area (Å²) in [6.45, 7) is 0. The summed E-state index contributed by atoms with van der Waals surface area (Å²) in [6.07, 6.45) is -0.668. The first-order chi connectivity index (χ1) is 9.97. The molecule has 1 atom stereocenters. The van der Waals surface area contributed by atoms with Gasteiger partial charge in [0.05, 0.1) is 11.4 Å². The second-order valence-electron chi connectivity index (χ2n) is 4.72. The summed E-state index contributed by atoms with van der Waals surface area (Å²) in [6, 6.07) is 10.6. The van der Waals surface area contributed by atoms with E-state index in [2.05, 4.69) is 4.98 Å². The lowest BCUT2D eigenvalue weighted by Crippen LogP contribution is -2.25. The molecule has 3 N–H and O–H groups in total. The lowest BCUT2D eigenvalue weighted by Gasteiger charge is -2.09. The van der Waals surface area contributed by atoms with Gasteiger partial charge in [0.1, 0.15) is 5.69 Å². The van der Waals surface area contributed by atoms with Crippen LogP contribution in [0.2, 0.25) is 0 Å². The highest BCUT2D eigenvalue weighted by Gasteiger charge is 2.24. The van der Waals surface area contributed by atoms with Crippen LogP contribution in [0.5, 0.6) is 0 Å². The number of para-hydroxylation sites is 1. The van der Waals surface area contributed by atoms with Gasteiger partial charge in [0, 0.05) is 18.2 Å². The second-order valence-corrected chi connectivity index (χ2v) is 4.72. The molecule has 0 saturated carbocycles. The number of carboxylic acid groups (broad SMARTS) is 1. The Morgan fingerprint density at radius 3 is 2.48 bits per heavy atom. The smallest absolute Gasteiger partial charge is 0.307 e. The normalized spacial score (nSPS) is 12.0. The standard InChI is InChI=1S/C15H14N2O4/c16-14(19)8-10(15(20)21)7-13(18)12-6-5-9-3-1-2-4-11(9)17-12/h1-6,10H,7-8H2,(H2,16,19)(H,20,21)/t10-/m0/s1. The number of nitrogens with two attached hydrogens (primary N) is 1. The van der Waals surface area contributed by atoms with Crippen molar-refractivity contribution in [3.63, 3.8) is 0 Å². The van der Waals surface area contributed by atoms with Gasteiger partial charge in [-0.25, -0.2) is 4.98 Å². The van der Waals surface area contributed by atoms with E-state index in [9.17, 15) is 14.4 Å². The van der Waals surface area contributed by atoms with E-state index in [0.717, 1.165) is 5.39 Å². The van der Waals surface area contributed by atoms with Crippen LogP contribution >= 0.6 is 0 Å². The van der Waals surface area contributed by atoms with Gasteiger partial charge < -0.3 is 10.8 Å². The Hall–Kier alpha value is -2.76. The first kappa shape index (κ1) is 14.6. The molecule has 6 heteroatoms. The number of fused-ring (bicyclic) bond motifs is 1. The number of amides is 1. The molecular formula is C15H14N2O4. The molecule has 0 bridgehead atoms. The van der Waals surface area contributed by atoms with E-state index in [0.29, 0.717) is 5.52 Å². The first-order valence-corrected chi connectivity index (χ1v) is 6.37. The summed E-state index contributed by atoms with van der Waals surface area (Å²) >= 11 is 0. The number of carboxylic acids is 1. The van der Waals surface area contributed by atoms with Crippen molar-refractivity contribution in [1.29, 1.82) is 0 Å². The summed E-state index contributed by atoms with van der Waals surface area (Å²) in [5.41, 5.74) is 5.83. The molecule has 0 aliphatic carbocycles. The van der Waals surface area contributed by atoms with Crippen LogP contribution in [-0.2, 0) is 9.59 Å². The van der Waals surface area contributed by atoms with Gasteiger partial charge in [-0.05, 0) is 12.1 Å². The number of Topliss-reactive ketones (excluding diaryl/α,β-unsaturated/α-hetero) is 1. The number of aliphatic carboxylic acids is 1. The van der Waals surface area contributed by atoms with Crippen LogP contribution in [0.4, 0.5) is 0 Å². The van der Waals surface area contributed by atoms with Gasteiger partial charge in [-0.15, -0.1) is 0 Å². The number of nitrogens with zero attached hydrogens (tertiary/aromatic N) is 1. The molecule has 0 radical (unpaired) electrons. The predicted octanol–water partition coefficient (Wildman–Crippen LogP) is 1.38. The molecule has 0 unspecified atom stereocenters. The summed E-state index contributed by atoms with van der Waals surface area (Å²) in [7, 11) is 0. The van der Waals surface area contributed by atoms with Crippen LogP contribution in [0, 0.1) is 5.92 Å². The highest BCUT2D eigenvalue weighted by molar-refractivity contribution is 5.98. The molecule has 1 amide bonds. The van der Waals surface area contributed by atoms with Crippen molar-refractivity contribution in [3.05, 3.63) is 42.1 Å². The quantitative estimate of drug-likeness (QED) is 0.779. The van der Waals surface area contributed by atoms with Crippen LogP contribution in [0.15, 0.2) is 36.4 Å². The fourth-order valence-corrected chi connectivity index (χ4v) is 2.04. The van der Waals surface area contributed by atoms with Crippen molar-refractivity contribution in [2.75, 3.05) is 0 Å². The highest BCUT2D eigenvalue weighted by Crippen LogP contribution is 2.16. The molecular weight excluding hydrogens is 272 g/mol. The van der Waals surface area contributed by atoms with E-state index >= 15 is 0 Å². The predicted molar refractivity (Wildman–Crippen MR) is 75.6 cm³/mol. The number of rotatable bonds is 6. The van der Waals surface area contributed by atoms with Gasteiger partial charge in [-0.1, -0.05) is 24.3 Å². The zero-order valence-corrected chi connectivity index (χ0v) is 11.2. The molecule has 0 fully saturated rings. The van der Waals surface area contributed by atoms with Crippen LogP contribution in [0.1, 0.15) is 23.3 Å². The van der Waals surface area contributed by atoms with Gasteiger partial charge in [0.25, 0.3) is 0 Å². The lowest BCUT2D eigenvalue weighted by atomic mass is 9.97. The number of carbonyl (C=O) groups is 3. The highest BCUT2D eigenvalue weighted by atomic mass is 16.4. The monoisotopic (exact) mass is 286 g/mol. The third-order valence-electron chi connectivity index (χ3n) is 3.11. The number of primary amides is 1. The summed E-state index contributed by atoms with van der Waals surface area (Å²) in [5.74, 6) is -3.51. The second kappa shape index (κ2) is 6.13. The topological polar surface area (TPSA) is 110 Å². The Morgan fingerprint density at radius 2 is 1.81 bits per heavy atom. The maximum atomic E-state index is 12.1. The summed E-state index contributed by atoms with van der Waals surface area (Å²) < 4.78 is 0. The fourth-order valence-electron chi connectivity index (χ4n) is 2.04. The maximum Gasteiger partial charge on any atom is 0.307 e. The van der Waals surface area contributed by atoms with E-state index in [4.69, 9.17) is 10.8 Å². The average molecular weight is 286 g/mol. The Balaban J connectivity index is 2.20. The van der Waals surface area contributed by atoms with Gasteiger partial charge >= 0.3 is 5.97 Å². The number of pyridine rings is 1. The van der Waals surface area contributed by atoms with Crippen molar-refractivity contribution < 1.29 is 19.5 Å². The summed E-state index contributed by atoms with van der Waals surface area (Å²) in [5, 5.41) is 9.90. The minimum absolute atomic E-state index is 0.185. The number of ketones is 1. The molecule has 2 aromatic rings. The van der Waals surface area contributed by atoms with E-state index < -0.39 is 23.6 Å². The van der Waals surface area contributed by atoms with Gasteiger partial charge in [0.2, 0.25) is 5.91 Å². The lowest BCUT2D eigenvalue weighted by molar-refractivity contribution is -0.143. The number of aromatic nitrogens is 1. The van der Waals surface area contributed by atoms with Crippen LogP contribution in [0.3, 0.4) is 0 Å². The molecule has 6 nitrogen and oxygen atoms in total. The van der Waals surface area contributed by atoms with Crippen molar-refractivity contribution in [2.24, 2.45) is 11.7 Å². The Bertz CT molecular complexity index is 712. The first-order valence-electron chi connectivity index (χ1n) is 6.37. The number of benzene rings is 1. The molecule has 0 aliphatic heterocycles. The largest absolute Gasteiger partial charge is 0.481 e. The van der Waals surface area contributed by atoms with Gasteiger partial charge in [-0.2, -0.15) is 0 Å². The Morgan fingerprint density at radius 1 is 1.10 bits per heavy atom. The van der Waals surface area contributed by atoms with Crippen LogP contribution in [0.25, 0.3) is 10.9 Å². The van der Waals surface area contributed by atoms with Crippen molar-refractivity contribution >= 4 is 28.6 Å². The van der Waals surface area contributed by atoms with Gasteiger partial charge in [-0.3, -0.25) is 14.4 Å². The maximum absolute atomic E-state index is 12.1. The Labute approximate surface area is 120 Å². The zero-order chi connectivity index (χ0) is 15.4. The molecule has 2 rings (SSSR count). The van der Waals surface area contributed by atoms with E-state index in [1.807, 2.05) is 12.1 Å². The van der Waals surface area contributed by atoms with Gasteiger partial charge in [0.15, 0.2) is 5.78 Å². The molecule has 108 valence electrons. The third-order valence-corrected chi connectivity index (χ3v) is 3.11. The molecule has 0 spiro atoms. The molecule has 1 heterocycles. The molecule has 1 aromatic carbocycles. The molecule has 0 aliphatic rings. The zero-order valence-electron chi connectivity index (χ0n) is 11.2. The molecule has 1 aromatic heterocycles. The van der Waals surface area contributed by atoms with Crippen LogP contribution < -0.4 is 5.73 Å². The third kappa shape index (κ3) is 3.62. The van der Waals surface area contributed by atoms with E-state index in [1.54, 1.807) is 24.3 Å². The molecule has 21 heavy (non-hydrogen) atoms. The van der Waals surface area contributed by atoms with E-state index in [1.165, 1.54) is 0 Å². The SMILES string of the molecule is NC(=O)C[C@H](CC(=O)c1ccc2ccccc2n1)C(=O)O. The number of hydrogen-bond donors (Lipinski definition) is 2. The fraction of sp³-hybridized carbons (Fsp3) is 0.200. The van der Waals surface area contributed by atoms with Crippen molar-refractivity contribution in [3.8, 4) is 0 Å². The van der Waals surface area contributed by atoms with Crippen LogP contribution in [-0.4, -0.2) is 27.8 Å². The molecule has 0 saturated heterocycles. The average Bonchev–Trinajstić information content (AvgIpc) is 2.45. The van der Waals surface area contributed by atoms with E-state index in [-0.39, 0.29) is 18.5 Å². The Kier molecular flexibility index (Phi) is 4.27. The number of hydrogen-bond acceptors (Lipinski definition) is 4. The van der Waals surface area contributed by atoms with Crippen molar-refractivity contribution in [2.45, 2.75) is 12.8 Å². The minimum atomic E-state index is -1.22. The summed E-state index contributed by atoms with van der Waals surface area (Å²) in [4.78, 5) is 38.2. The van der Waals surface area contributed by atoms with Crippen molar-refractivity contribution in [1.82, 2.24) is 4.98 Å². The minimum Gasteiger partial charge on any atom is -0.481 e. The number of carbonyl (C=O) groups excluding carboxylic acids is 2.